The van der Waals surface area contributed by atoms with Crippen LogP contribution in [-0.2, 0) is 4.84 Å². The second kappa shape index (κ2) is 17.1. The highest BCUT2D eigenvalue weighted by atomic mass is 16.7. The Morgan fingerprint density at radius 2 is 1.32 bits per heavy atom. The Bertz CT molecular complexity index is 205. The molecule has 0 aliphatic rings. The van der Waals surface area contributed by atoms with Crippen LogP contribution in [0.4, 0.5) is 0 Å². The van der Waals surface area contributed by atoms with Crippen molar-refractivity contribution >= 4 is 0 Å². The monoisotopic (exact) mass is 269 g/mol. The van der Waals surface area contributed by atoms with Crippen LogP contribution in [-0.4, -0.2) is 6.61 Å². The van der Waals surface area contributed by atoms with E-state index in [1.807, 2.05) is 6.08 Å². The summed E-state index contributed by atoms with van der Waals surface area (Å²) in [6.07, 6.45) is 20.1. The SMILES string of the molecule is CCCCCCCCCCCCC/C=C/CON=O. The quantitative estimate of drug-likeness (QED) is 0.160. The zero-order chi connectivity index (χ0) is 14.0. The van der Waals surface area contributed by atoms with Crippen LogP contribution in [0.1, 0.15) is 84.0 Å². The van der Waals surface area contributed by atoms with Gasteiger partial charge >= 0.3 is 0 Å². The van der Waals surface area contributed by atoms with Gasteiger partial charge < -0.3 is 4.84 Å². The second-order valence-electron chi connectivity index (χ2n) is 5.17. The molecule has 3 nitrogen and oxygen atoms in total. The summed E-state index contributed by atoms with van der Waals surface area (Å²) in [7, 11) is 0. The van der Waals surface area contributed by atoms with Gasteiger partial charge in [-0.1, -0.05) is 77.2 Å². The molecule has 0 atom stereocenters. The van der Waals surface area contributed by atoms with E-state index < -0.39 is 0 Å². The third-order valence-corrected chi connectivity index (χ3v) is 3.36. The normalized spacial score (nSPS) is 11.0. The lowest BCUT2D eigenvalue weighted by Crippen LogP contribution is -1.82. The molecule has 19 heavy (non-hydrogen) atoms. The lowest BCUT2D eigenvalue weighted by atomic mass is 10.1. The molecule has 0 aliphatic carbocycles. The zero-order valence-electron chi connectivity index (χ0n) is 12.6. The van der Waals surface area contributed by atoms with E-state index in [4.69, 9.17) is 0 Å². The fourth-order valence-corrected chi connectivity index (χ4v) is 2.19. The minimum atomic E-state index is 0.307. The molecular weight excluding hydrogens is 238 g/mol. The summed E-state index contributed by atoms with van der Waals surface area (Å²) in [5.41, 5.74) is 0. The lowest BCUT2D eigenvalue weighted by molar-refractivity contribution is 0.169. The van der Waals surface area contributed by atoms with Gasteiger partial charge in [0.2, 0.25) is 0 Å². The van der Waals surface area contributed by atoms with Gasteiger partial charge in [-0.2, -0.15) is 0 Å². The van der Waals surface area contributed by atoms with Crippen molar-refractivity contribution < 1.29 is 4.84 Å². The van der Waals surface area contributed by atoms with Crippen molar-refractivity contribution in [2.45, 2.75) is 84.0 Å². The Labute approximate surface area is 118 Å². The molecule has 0 saturated carbocycles. The molecule has 0 aromatic heterocycles. The van der Waals surface area contributed by atoms with Crippen LogP contribution < -0.4 is 0 Å². The van der Waals surface area contributed by atoms with Crippen LogP contribution in [0.2, 0.25) is 0 Å². The Morgan fingerprint density at radius 1 is 0.789 bits per heavy atom. The van der Waals surface area contributed by atoms with E-state index in [0.717, 1.165) is 6.42 Å². The minimum Gasteiger partial charge on any atom is -0.360 e. The highest BCUT2D eigenvalue weighted by Crippen LogP contribution is 2.11. The van der Waals surface area contributed by atoms with Crippen molar-refractivity contribution in [3.8, 4) is 0 Å². The van der Waals surface area contributed by atoms with E-state index in [1.54, 1.807) is 0 Å². The van der Waals surface area contributed by atoms with Crippen molar-refractivity contribution in [1.29, 1.82) is 0 Å². The number of nitrogens with zero attached hydrogens (tertiary/aromatic N) is 1. The van der Waals surface area contributed by atoms with Crippen LogP contribution in [0, 0.1) is 4.91 Å². The molecule has 0 aromatic rings. The molecule has 0 heterocycles. The first-order valence-electron chi connectivity index (χ1n) is 8.01. The minimum absolute atomic E-state index is 0.307. The summed E-state index contributed by atoms with van der Waals surface area (Å²) >= 11 is 0. The molecule has 3 heteroatoms. The predicted molar refractivity (Wildman–Crippen MR) is 82.0 cm³/mol. The van der Waals surface area contributed by atoms with Gasteiger partial charge in [-0.3, -0.25) is 0 Å². The molecule has 0 unspecified atom stereocenters. The van der Waals surface area contributed by atoms with Crippen molar-refractivity contribution in [1.82, 2.24) is 0 Å². The van der Waals surface area contributed by atoms with E-state index in [1.165, 1.54) is 70.6 Å². The largest absolute Gasteiger partial charge is 0.360 e. The lowest BCUT2D eigenvalue weighted by Gasteiger charge is -2.01. The zero-order valence-corrected chi connectivity index (χ0v) is 12.6. The molecule has 0 saturated heterocycles. The van der Waals surface area contributed by atoms with E-state index in [0.29, 0.717) is 6.61 Å². The number of allylic oxidation sites excluding steroid dienone is 1. The van der Waals surface area contributed by atoms with Crippen LogP contribution in [0.5, 0.6) is 0 Å². The van der Waals surface area contributed by atoms with Gasteiger partial charge in [0.1, 0.15) is 6.61 Å². The van der Waals surface area contributed by atoms with Gasteiger partial charge in [-0.25, -0.2) is 0 Å². The summed E-state index contributed by atoms with van der Waals surface area (Å²) in [5, 5.41) is 2.33. The molecule has 112 valence electrons. The first-order chi connectivity index (χ1) is 9.41. The molecular formula is C16H31NO2. The summed E-state index contributed by atoms with van der Waals surface area (Å²) in [4.78, 5) is 14.0. The summed E-state index contributed by atoms with van der Waals surface area (Å²) in [5.74, 6) is 0. The Kier molecular flexibility index (Phi) is 16.4. The van der Waals surface area contributed by atoms with Crippen LogP contribution in [0.3, 0.4) is 0 Å². The van der Waals surface area contributed by atoms with Crippen molar-refractivity contribution in [3.05, 3.63) is 17.1 Å². The van der Waals surface area contributed by atoms with Crippen LogP contribution in [0.15, 0.2) is 17.5 Å². The third-order valence-electron chi connectivity index (χ3n) is 3.36. The standard InChI is InChI=1S/C16H31NO2/c1-2-3-4-5-6-7-8-9-10-11-12-13-14-15-16-19-17-18/h14-15H,2-13,16H2,1H3/b15-14+. The third kappa shape index (κ3) is 17.1. The average molecular weight is 269 g/mol. The maximum absolute atomic E-state index is 9.63. The number of unbranched alkanes of at least 4 members (excludes halogenated alkanes) is 11. The Hall–Kier alpha value is -0.860. The number of hydrogen-bond donors (Lipinski definition) is 0. The van der Waals surface area contributed by atoms with Gasteiger partial charge in [0.05, 0.1) is 0 Å². The van der Waals surface area contributed by atoms with E-state index in [-0.39, 0.29) is 0 Å². The second-order valence-corrected chi connectivity index (χ2v) is 5.17. The molecule has 0 N–H and O–H groups in total. The highest BCUT2D eigenvalue weighted by molar-refractivity contribution is 4.80. The Balaban J connectivity index is 2.98. The van der Waals surface area contributed by atoms with E-state index >= 15 is 0 Å². The Morgan fingerprint density at radius 3 is 1.84 bits per heavy atom. The topological polar surface area (TPSA) is 38.7 Å². The van der Waals surface area contributed by atoms with E-state index in [9.17, 15) is 4.91 Å². The average Bonchev–Trinajstić information content (AvgIpc) is 2.43. The van der Waals surface area contributed by atoms with Gasteiger partial charge in [0.15, 0.2) is 5.34 Å². The molecule has 0 aromatic carbocycles. The van der Waals surface area contributed by atoms with Crippen molar-refractivity contribution in [2.75, 3.05) is 6.61 Å². The van der Waals surface area contributed by atoms with Gasteiger partial charge in [0.25, 0.3) is 0 Å². The summed E-state index contributed by atoms with van der Waals surface area (Å²) in [6, 6.07) is 0. The number of rotatable bonds is 15. The molecule has 0 amide bonds. The fourth-order valence-electron chi connectivity index (χ4n) is 2.19. The maximum Gasteiger partial charge on any atom is 0.155 e. The van der Waals surface area contributed by atoms with E-state index in [2.05, 4.69) is 23.2 Å². The smallest absolute Gasteiger partial charge is 0.155 e. The highest BCUT2D eigenvalue weighted by Gasteiger charge is 1.92. The van der Waals surface area contributed by atoms with Crippen LogP contribution >= 0.6 is 0 Å². The summed E-state index contributed by atoms with van der Waals surface area (Å²) in [6.45, 7) is 2.57. The first kappa shape index (κ1) is 18.1. The van der Waals surface area contributed by atoms with Gasteiger partial charge in [-0.05, 0) is 18.9 Å². The number of hydrogen-bond acceptors (Lipinski definition) is 3. The maximum atomic E-state index is 9.63. The van der Waals surface area contributed by atoms with Gasteiger partial charge in [0, 0.05) is 0 Å². The summed E-state index contributed by atoms with van der Waals surface area (Å²) < 4.78 is 0. The molecule has 0 bridgehead atoms. The molecule has 0 rings (SSSR count). The van der Waals surface area contributed by atoms with Crippen molar-refractivity contribution in [3.63, 3.8) is 0 Å². The molecule has 0 radical (unpaired) electrons. The molecule has 0 aliphatic heterocycles. The predicted octanol–water partition coefficient (Wildman–Crippen LogP) is 5.94. The first-order valence-corrected chi connectivity index (χ1v) is 8.01. The fraction of sp³-hybridized carbons (Fsp3) is 0.875. The van der Waals surface area contributed by atoms with Crippen LogP contribution in [0.25, 0.3) is 0 Å². The van der Waals surface area contributed by atoms with Crippen molar-refractivity contribution in [2.24, 2.45) is 5.34 Å². The molecule has 0 spiro atoms. The van der Waals surface area contributed by atoms with Gasteiger partial charge in [-0.15, -0.1) is 4.91 Å². The molecule has 0 fully saturated rings.